The summed E-state index contributed by atoms with van der Waals surface area (Å²) < 4.78 is 11.2. The van der Waals surface area contributed by atoms with Crippen molar-refractivity contribution < 1.29 is 14.6 Å². The van der Waals surface area contributed by atoms with Crippen molar-refractivity contribution in [2.75, 3.05) is 6.61 Å². The lowest BCUT2D eigenvalue weighted by atomic mass is 10.2. The standard InChI is InChI=1S/C16H19NO3/c1-3-10-19-13-4-6-14(7-5-13)20-15-8-9-16(12(2)18)17-11-15/h4-9,11-12,18H,3,10H2,1-2H3. The highest BCUT2D eigenvalue weighted by Gasteiger charge is 2.03. The summed E-state index contributed by atoms with van der Waals surface area (Å²) in [5, 5.41) is 9.39. The van der Waals surface area contributed by atoms with E-state index in [1.54, 1.807) is 25.3 Å². The fourth-order valence-electron chi connectivity index (χ4n) is 1.66. The molecule has 1 aromatic heterocycles. The van der Waals surface area contributed by atoms with E-state index in [0.717, 1.165) is 17.9 Å². The summed E-state index contributed by atoms with van der Waals surface area (Å²) in [6, 6.07) is 11.0. The number of hydrogen-bond acceptors (Lipinski definition) is 4. The minimum Gasteiger partial charge on any atom is -0.494 e. The van der Waals surface area contributed by atoms with E-state index in [9.17, 15) is 5.11 Å². The van der Waals surface area contributed by atoms with E-state index < -0.39 is 6.10 Å². The molecule has 106 valence electrons. The maximum atomic E-state index is 9.39. The third kappa shape index (κ3) is 3.96. The van der Waals surface area contributed by atoms with Gasteiger partial charge in [0.15, 0.2) is 0 Å². The van der Waals surface area contributed by atoms with E-state index in [-0.39, 0.29) is 0 Å². The van der Waals surface area contributed by atoms with Crippen molar-refractivity contribution >= 4 is 0 Å². The topological polar surface area (TPSA) is 51.6 Å². The number of pyridine rings is 1. The maximum Gasteiger partial charge on any atom is 0.145 e. The van der Waals surface area contributed by atoms with Gasteiger partial charge in [0.25, 0.3) is 0 Å². The molecule has 0 amide bonds. The summed E-state index contributed by atoms with van der Waals surface area (Å²) in [6.07, 6.45) is 2.02. The molecule has 0 saturated carbocycles. The molecule has 1 N–H and O–H groups in total. The van der Waals surface area contributed by atoms with Crippen molar-refractivity contribution in [1.29, 1.82) is 0 Å². The average Bonchev–Trinajstić information content (AvgIpc) is 2.47. The number of aromatic nitrogens is 1. The number of hydrogen-bond donors (Lipinski definition) is 1. The van der Waals surface area contributed by atoms with Crippen LogP contribution >= 0.6 is 0 Å². The van der Waals surface area contributed by atoms with Crippen LogP contribution in [0.5, 0.6) is 17.2 Å². The lowest BCUT2D eigenvalue weighted by Gasteiger charge is -2.08. The summed E-state index contributed by atoms with van der Waals surface area (Å²) in [6.45, 7) is 4.46. The Morgan fingerprint density at radius 1 is 1.05 bits per heavy atom. The highest BCUT2D eigenvalue weighted by atomic mass is 16.5. The summed E-state index contributed by atoms with van der Waals surface area (Å²) in [5.41, 5.74) is 0.626. The number of aliphatic hydroxyl groups is 1. The van der Waals surface area contributed by atoms with Crippen LogP contribution < -0.4 is 9.47 Å². The Labute approximate surface area is 119 Å². The minimum atomic E-state index is -0.570. The van der Waals surface area contributed by atoms with E-state index in [4.69, 9.17) is 9.47 Å². The molecule has 1 heterocycles. The molecule has 0 fully saturated rings. The zero-order valence-corrected chi connectivity index (χ0v) is 11.7. The van der Waals surface area contributed by atoms with Gasteiger partial charge < -0.3 is 14.6 Å². The van der Waals surface area contributed by atoms with Crippen LogP contribution in [-0.2, 0) is 0 Å². The number of benzene rings is 1. The first kappa shape index (κ1) is 14.3. The second-order valence-corrected chi connectivity index (χ2v) is 4.52. The monoisotopic (exact) mass is 273 g/mol. The van der Waals surface area contributed by atoms with Crippen molar-refractivity contribution in [1.82, 2.24) is 4.98 Å². The number of aliphatic hydroxyl groups excluding tert-OH is 1. The normalized spacial score (nSPS) is 11.9. The van der Waals surface area contributed by atoms with Gasteiger partial charge in [-0.3, -0.25) is 4.98 Å². The Bertz CT molecular complexity index is 520. The van der Waals surface area contributed by atoms with Gasteiger partial charge in [-0.2, -0.15) is 0 Å². The van der Waals surface area contributed by atoms with Crippen LogP contribution in [0.4, 0.5) is 0 Å². The van der Waals surface area contributed by atoms with E-state index in [1.807, 2.05) is 24.3 Å². The van der Waals surface area contributed by atoms with Gasteiger partial charge in [0.05, 0.1) is 24.6 Å². The number of nitrogens with zero attached hydrogens (tertiary/aromatic N) is 1. The third-order valence-electron chi connectivity index (χ3n) is 2.72. The molecule has 2 aromatic rings. The van der Waals surface area contributed by atoms with E-state index in [2.05, 4.69) is 11.9 Å². The van der Waals surface area contributed by atoms with Crippen LogP contribution in [0.1, 0.15) is 32.1 Å². The van der Waals surface area contributed by atoms with Crippen LogP contribution in [0.15, 0.2) is 42.6 Å². The SMILES string of the molecule is CCCOc1ccc(Oc2ccc(C(C)O)nc2)cc1. The molecule has 4 heteroatoms. The quantitative estimate of drug-likeness (QED) is 0.871. The molecule has 0 bridgehead atoms. The van der Waals surface area contributed by atoms with E-state index in [0.29, 0.717) is 18.1 Å². The molecule has 0 aliphatic rings. The van der Waals surface area contributed by atoms with Crippen molar-refractivity contribution in [2.45, 2.75) is 26.4 Å². The van der Waals surface area contributed by atoms with Gasteiger partial charge in [-0.15, -0.1) is 0 Å². The van der Waals surface area contributed by atoms with Crippen molar-refractivity contribution in [3.63, 3.8) is 0 Å². The third-order valence-corrected chi connectivity index (χ3v) is 2.72. The minimum absolute atomic E-state index is 0.570. The molecule has 0 aliphatic carbocycles. The molecule has 1 unspecified atom stereocenters. The first-order chi connectivity index (χ1) is 9.69. The molecule has 0 aliphatic heterocycles. The first-order valence-electron chi connectivity index (χ1n) is 6.73. The van der Waals surface area contributed by atoms with Crippen LogP contribution in [0.3, 0.4) is 0 Å². The molecule has 0 radical (unpaired) electrons. The number of ether oxygens (including phenoxy) is 2. The molecule has 0 saturated heterocycles. The largest absolute Gasteiger partial charge is 0.494 e. The van der Waals surface area contributed by atoms with Crippen LogP contribution in [0.2, 0.25) is 0 Å². The lowest BCUT2D eigenvalue weighted by molar-refractivity contribution is 0.194. The zero-order chi connectivity index (χ0) is 14.4. The molecule has 20 heavy (non-hydrogen) atoms. The highest BCUT2D eigenvalue weighted by Crippen LogP contribution is 2.24. The Balaban J connectivity index is 1.98. The fraction of sp³-hybridized carbons (Fsp3) is 0.312. The molecule has 2 rings (SSSR count). The smallest absolute Gasteiger partial charge is 0.145 e. The predicted molar refractivity (Wildman–Crippen MR) is 77.2 cm³/mol. The Morgan fingerprint density at radius 3 is 2.25 bits per heavy atom. The second-order valence-electron chi connectivity index (χ2n) is 4.52. The summed E-state index contributed by atoms with van der Waals surface area (Å²) in [5.74, 6) is 2.19. The zero-order valence-electron chi connectivity index (χ0n) is 11.7. The molecule has 1 aromatic carbocycles. The van der Waals surface area contributed by atoms with E-state index >= 15 is 0 Å². The van der Waals surface area contributed by atoms with Crippen LogP contribution in [-0.4, -0.2) is 16.7 Å². The second kappa shape index (κ2) is 6.91. The van der Waals surface area contributed by atoms with Crippen molar-refractivity contribution in [3.05, 3.63) is 48.3 Å². The number of rotatable bonds is 6. The maximum absolute atomic E-state index is 9.39. The van der Waals surface area contributed by atoms with Crippen molar-refractivity contribution in [3.8, 4) is 17.2 Å². The predicted octanol–water partition coefficient (Wildman–Crippen LogP) is 3.72. The molecule has 1 atom stereocenters. The van der Waals surface area contributed by atoms with E-state index in [1.165, 1.54) is 0 Å². The molecular formula is C16H19NO3. The van der Waals surface area contributed by atoms with Gasteiger partial charge in [-0.25, -0.2) is 0 Å². The first-order valence-corrected chi connectivity index (χ1v) is 6.73. The van der Waals surface area contributed by atoms with Crippen LogP contribution in [0, 0.1) is 0 Å². The Morgan fingerprint density at radius 2 is 1.70 bits per heavy atom. The fourth-order valence-corrected chi connectivity index (χ4v) is 1.66. The molecular weight excluding hydrogens is 254 g/mol. The van der Waals surface area contributed by atoms with Crippen LogP contribution in [0.25, 0.3) is 0 Å². The van der Waals surface area contributed by atoms with Gasteiger partial charge in [0.2, 0.25) is 0 Å². The molecule has 0 spiro atoms. The lowest BCUT2D eigenvalue weighted by Crippen LogP contribution is -1.96. The van der Waals surface area contributed by atoms with Crippen molar-refractivity contribution in [2.24, 2.45) is 0 Å². The van der Waals surface area contributed by atoms with Gasteiger partial charge >= 0.3 is 0 Å². The van der Waals surface area contributed by atoms with Gasteiger partial charge in [0.1, 0.15) is 17.2 Å². The Kier molecular flexibility index (Phi) is 4.96. The Hall–Kier alpha value is -2.07. The summed E-state index contributed by atoms with van der Waals surface area (Å²) in [7, 11) is 0. The van der Waals surface area contributed by atoms with Gasteiger partial charge in [0, 0.05) is 0 Å². The summed E-state index contributed by atoms with van der Waals surface area (Å²) in [4.78, 5) is 4.13. The average molecular weight is 273 g/mol. The summed E-state index contributed by atoms with van der Waals surface area (Å²) >= 11 is 0. The highest BCUT2D eigenvalue weighted by molar-refractivity contribution is 5.34. The van der Waals surface area contributed by atoms with Gasteiger partial charge in [-0.05, 0) is 49.7 Å². The van der Waals surface area contributed by atoms with Gasteiger partial charge in [-0.1, -0.05) is 6.92 Å². The molecule has 4 nitrogen and oxygen atoms in total.